The molecule has 2 aromatic rings. The molecule has 0 spiro atoms. The predicted molar refractivity (Wildman–Crippen MR) is 135 cm³/mol. The summed E-state index contributed by atoms with van der Waals surface area (Å²) < 4.78 is 0. The second-order valence-corrected chi connectivity index (χ2v) is 10.1. The number of hydrogen-bond donors (Lipinski definition) is 2. The molecule has 4 radical (unpaired) electrons. The first-order chi connectivity index (χ1) is 16.8. The van der Waals surface area contributed by atoms with Crippen LogP contribution in [0.5, 0.6) is 0 Å². The van der Waals surface area contributed by atoms with Gasteiger partial charge in [0.25, 0.3) is 5.91 Å². The van der Waals surface area contributed by atoms with Crippen molar-refractivity contribution in [3.05, 3.63) is 70.8 Å². The van der Waals surface area contributed by atoms with E-state index < -0.39 is 11.4 Å². The van der Waals surface area contributed by atoms with Crippen LogP contribution in [0, 0.1) is 5.92 Å². The molecular formula is C27H29B2N3O3. The standard InChI is InChI=1S/C27H29B2N3O3/c28-27(29,20-7-2-1-3-8-20)31-22-9-5-4-6-18(22)14-17-10-11-21-19(15-17)16-32(26(21)35)23-12-13-24(33)30-25(23)34/h1-3,7-8,10-11,15,18,22-23,31H,4-6,9,12-14,16H2,(H,30,33,34)/t18-,22+,23?/m1/s1. The Balaban J connectivity index is 1.29. The van der Waals surface area contributed by atoms with Crippen LogP contribution in [0.2, 0.25) is 0 Å². The molecule has 6 nitrogen and oxygen atoms in total. The van der Waals surface area contributed by atoms with E-state index >= 15 is 0 Å². The Morgan fingerprint density at radius 3 is 2.54 bits per heavy atom. The molecular weight excluding hydrogens is 436 g/mol. The average molecular weight is 465 g/mol. The van der Waals surface area contributed by atoms with Gasteiger partial charge in [-0.2, -0.15) is 0 Å². The first kappa shape index (κ1) is 23.9. The van der Waals surface area contributed by atoms with Crippen LogP contribution in [-0.2, 0) is 27.9 Å². The summed E-state index contributed by atoms with van der Waals surface area (Å²) in [5, 5.41) is 4.77. The van der Waals surface area contributed by atoms with E-state index in [-0.39, 0.29) is 30.2 Å². The Kier molecular flexibility index (Phi) is 6.58. The summed E-state index contributed by atoms with van der Waals surface area (Å²) in [6.07, 6.45) is 5.89. The highest BCUT2D eigenvalue weighted by Gasteiger charge is 2.39. The van der Waals surface area contributed by atoms with Gasteiger partial charge < -0.3 is 10.2 Å². The van der Waals surface area contributed by atoms with E-state index in [1.54, 1.807) is 4.90 Å². The smallest absolute Gasteiger partial charge is 0.255 e. The van der Waals surface area contributed by atoms with Gasteiger partial charge in [-0.05, 0) is 59.7 Å². The molecule has 3 aliphatic rings. The zero-order valence-electron chi connectivity index (χ0n) is 19.8. The number of fused-ring (bicyclic) bond motifs is 1. The summed E-state index contributed by atoms with van der Waals surface area (Å²) in [6.45, 7) is 0.392. The van der Waals surface area contributed by atoms with Crippen LogP contribution in [0.4, 0.5) is 0 Å². The van der Waals surface area contributed by atoms with Crippen LogP contribution in [0.15, 0.2) is 48.5 Å². The molecule has 8 heteroatoms. The summed E-state index contributed by atoms with van der Waals surface area (Å²) in [7, 11) is 13.0. The zero-order valence-corrected chi connectivity index (χ0v) is 19.8. The fraction of sp³-hybridized carbons (Fsp3) is 0.444. The SMILES string of the molecule is [B]C([B])(N[C@H]1CCCC[C@@H]1Cc1ccc2c(c1)CN(C1CCC(=O)NC1=O)C2=O)c1ccccc1. The summed E-state index contributed by atoms with van der Waals surface area (Å²) in [5.74, 6) is -0.429. The molecule has 176 valence electrons. The number of carbonyl (C=O) groups excluding carboxylic acids is 3. The summed E-state index contributed by atoms with van der Waals surface area (Å²) in [4.78, 5) is 38.4. The molecule has 1 aliphatic carbocycles. The molecule has 0 aromatic heterocycles. The normalized spacial score (nSPS) is 24.9. The number of amides is 3. The fourth-order valence-corrected chi connectivity index (χ4v) is 5.80. The number of nitrogens with one attached hydrogen (secondary N) is 2. The van der Waals surface area contributed by atoms with Crippen molar-refractivity contribution in [2.75, 3.05) is 0 Å². The highest BCUT2D eigenvalue weighted by atomic mass is 16.2. The number of imide groups is 1. The van der Waals surface area contributed by atoms with Gasteiger partial charge in [0, 0.05) is 24.6 Å². The number of nitrogens with zero attached hydrogens (tertiary/aromatic N) is 1. The van der Waals surface area contributed by atoms with Gasteiger partial charge in [-0.15, -0.1) is 0 Å². The highest BCUT2D eigenvalue weighted by Crippen LogP contribution is 2.33. The lowest BCUT2D eigenvalue weighted by atomic mass is 9.57. The maximum absolute atomic E-state index is 13.0. The van der Waals surface area contributed by atoms with Crippen LogP contribution >= 0.6 is 0 Å². The van der Waals surface area contributed by atoms with E-state index in [9.17, 15) is 14.4 Å². The van der Waals surface area contributed by atoms with Crippen LogP contribution in [0.25, 0.3) is 0 Å². The molecule has 2 N–H and O–H groups in total. The molecule has 1 saturated heterocycles. The Morgan fingerprint density at radius 1 is 1.00 bits per heavy atom. The Morgan fingerprint density at radius 2 is 1.77 bits per heavy atom. The van der Waals surface area contributed by atoms with Crippen LogP contribution < -0.4 is 10.6 Å². The number of piperidine rings is 1. The van der Waals surface area contributed by atoms with Gasteiger partial charge in [-0.3, -0.25) is 19.7 Å². The second-order valence-electron chi connectivity index (χ2n) is 10.1. The van der Waals surface area contributed by atoms with Gasteiger partial charge in [0.05, 0.1) is 15.7 Å². The van der Waals surface area contributed by atoms with E-state index in [2.05, 4.69) is 16.7 Å². The van der Waals surface area contributed by atoms with Crippen molar-refractivity contribution in [1.82, 2.24) is 15.5 Å². The minimum absolute atomic E-state index is 0.142. The number of carbonyl (C=O) groups is 3. The molecule has 35 heavy (non-hydrogen) atoms. The van der Waals surface area contributed by atoms with Gasteiger partial charge in [0.2, 0.25) is 11.8 Å². The topological polar surface area (TPSA) is 78.5 Å². The first-order valence-corrected chi connectivity index (χ1v) is 12.5. The molecule has 3 atom stereocenters. The maximum atomic E-state index is 13.0. The quantitative estimate of drug-likeness (QED) is 0.507. The third kappa shape index (κ3) is 4.94. The van der Waals surface area contributed by atoms with Gasteiger partial charge in [-0.1, -0.05) is 55.3 Å². The van der Waals surface area contributed by atoms with Crippen LogP contribution in [0.3, 0.4) is 0 Å². The molecule has 1 unspecified atom stereocenters. The van der Waals surface area contributed by atoms with Crippen molar-refractivity contribution in [2.45, 2.75) is 68.9 Å². The van der Waals surface area contributed by atoms with Crippen molar-refractivity contribution in [3.8, 4) is 0 Å². The number of rotatable bonds is 6. The van der Waals surface area contributed by atoms with E-state index in [1.165, 1.54) is 12.0 Å². The fourth-order valence-electron chi connectivity index (χ4n) is 5.80. The monoisotopic (exact) mass is 465 g/mol. The predicted octanol–water partition coefficient (Wildman–Crippen LogP) is 2.29. The van der Waals surface area contributed by atoms with Gasteiger partial charge in [-0.25, -0.2) is 0 Å². The molecule has 2 heterocycles. The number of benzene rings is 2. The summed E-state index contributed by atoms with van der Waals surface area (Å²) >= 11 is 0. The van der Waals surface area contributed by atoms with Crippen LogP contribution in [-0.4, -0.2) is 50.4 Å². The van der Waals surface area contributed by atoms with Gasteiger partial charge in [0.1, 0.15) is 6.04 Å². The zero-order chi connectivity index (χ0) is 24.6. The number of hydrogen-bond acceptors (Lipinski definition) is 4. The van der Waals surface area contributed by atoms with Crippen molar-refractivity contribution in [3.63, 3.8) is 0 Å². The van der Waals surface area contributed by atoms with E-state index in [0.29, 0.717) is 24.4 Å². The molecule has 2 aromatic carbocycles. The highest BCUT2D eigenvalue weighted by molar-refractivity contribution is 6.39. The average Bonchev–Trinajstić information content (AvgIpc) is 3.16. The minimum atomic E-state index is -1.10. The van der Waals surface area contributed by atoms with Crippen molar-refractivity contribution >= 4 is 33.4 Å². The lowest BCUT2D eigenvalue weighted by molar-refractivity contribution is -0.136. The lowest BCUT2D eigenvalue weighted by Crippen LogP contribution is -2.52. The molecule has 2 aliphatic heterocycles. The summed E-state index contributed by atoms with van der Waals surface area (Å²) in [5.41, 5.74) is 3.60. The van der Waals surface area contributed by atoms with E-state index in [4.69, 9.17) is 15.7 Å². The van der Waals surface area contributed by atoms with E-state index in [1.807, 2.05) is 42.5 Å². The Bertz CT molecular complexity index is 1140. The third-order valence-corrected chi connectivity index (χ3v) is 7.67. The van der Waals surface area contributed by atoms with Crippen molar-refractivity contribution < 1.29 is 14.4 Å². The largest absolute Gasteiger partial charge is 0.322 e. The molecule has 1 saturated carbocycles. The second kappa shape index (κ2) is 9.65. The molecule has 3 amide bonds. The molecule has 5 rings (SSSR count). The van der Waals surface area contributed by atoms with Crippen molar-refractivity contribution in [2.24, 2.45) is 5.92 Å². The van der Waals surface area contributed by atoms with E-state index in [0.717, 1.165) is 36.8 Å². The Labute approximate surface area is 209 Å². The maximum Gasteiger partial charge on any atom is 0.255 e. The first-order valence-electron chi connectivity index (χ1n) is 12.5. The molecule has 2 fully saturated rings. The van der Waals surface area contributed by atoms with Gasteiger partial charge >= 0.3 is 0 Å². The third-order valence-electron chi connectivity index (χ3n) is 7.67. The summed E-state index contributed by atoms with van der Waals surface area (Å²) in [6, 6.07) is 15.3. The lowest BCUT2D eigenvalue weighted by Gasteiger charge is -2.40. The van der Waals surface area contributed by atoms with Crippen LogP contribution in [0.1, 0.15) is 65.6 Å². The van der Waals surface area contributed by atoms with Gasteiger partial charge in [0.15, 0.2) is 0 Å². The molecule has 0 bridgehead atoms. The Hall–Kier alpha value is -2.86. The minimum Gasteiger partial charge on any atom is -0.322 e. The van der Waals surface area contributed by atoms with Crippen molar-refractivity contribution in [1.29, 1.82) is 0 Å².